The first kappa shape index (κ1) is 19.3. The van der Waals surface area contributed by atoms with E-state index < -0.39 is 0 Å². The van der Waals surface area contributed by atoms with Crippen molar-refractivity contribution in [2.24, 2.45) is 10.7 Å². The van der Waals surface area contributed by atoms with Gasteiger partial charge in [0.2, 0.25) is 0 Å². The Morgan fingerprint density at radius 2 is 1.92 bits per heavy atom. The van der Waals surface area contributed by atoms with E-state index in [1.54, 1.807) is 21.3 Å². The lowest BCUT2D eigenvalue weighted by atomic mass is 9.99. The van der Waals surface area contributed by atoms with Crippen LogP contribution in [0.25, 0.3) is 0 Å². The third kappa shape index (κ3) is 5.51. The van der Waals surface area contributed by atoms with Gasteiger partial charge in [-0.3, -0.25) is 9.89 Å². The molecule has 25 heavy (non-hydrogen) atoms. The zero-order valence-electron chi connectivity index (χ0n) is 15.7. The lowest BCUT2D eigenvalue weighted by molar-refractivity contribution is 0.179. The summed E-state index contributed by atoms with van der Waals surface area (Å²) in [6, 6.07) is 4.31. The quantitative estimate of drug-likeness (QED) is 0.538. The molecule has 1 heterocycles. The lowest BCUT2D eigenvalue weighted by Crippen LogP contribution is -2.41. The summed E-state index contributed by atoms with van der Waals surface area (Å²) in [6.07, 6.45) is 0.998. The van der Waals surface area contributed by atoms with E-state index in [1.807, 2.05) is 6.92 Å². The van der Waals surface area contributed by atoms with Gasteiger partial charge in [0.15, 0.2) is 17.5 Å². The van der Waals surface area contributed by atoms with Gasteiger partial charge >= 0.3 is 0 Å². The van der Waals surface area contributed by atoms with Crippen LogP contribution in [-0.4, -0.2) is 64.5 Å². The van der Waals surface area contributed by atoms with Crippen molar-refractivity contribution in [1.29, 1.82) is 0 Å². The van der Waals surface area contributed by atoms with Crippen molar-refractivity contribution >= 4 is 5.96 Å². The van der Waals surface area contributed by atoms with Crippen molar-refractivity contribution in [3.63, 3.8) is 0 Å². The fourth-order valence-corrected chi connectivity index (χ4v) is 3.03. The van der Waals surface area contributed by atoms with Gasteiger partial charge < -0.3 is 25.3 Å². The SMILES string of the molecule is COCC(C)NC(N)=NCCN1CCc2cc(OC)c(OC)cc2C1. The molecular weight excluding hydrogens is 320 g/mol. The van der Waals surface area contributed by atoms with Crippen LogP contribution >= 0.6 is 0 Å². The molecule has 0 aliphatic carbocycles. The van der Waals surface area contributed by atoms with E-state index in [4.69, 9.17) is 19.9 Å². The number of benzene rings is 1. The topological polar surface area (TPSA) is 81.3 Å². The molecule has 1 aromatic carbocycles. The van der Waals surface area contributed by atoms with Crippen molar-refractivity contribution in [2.45, 2.75) is 25.9 Å². The Morgan fingerprint density at radius 1 is 1.24 bits per heavy atom. The third-order valence-electron chi connectivity index (χ3n) is 4.31. The second-order valence-corrected chi connectivity index (χ2v) is 6.27. The van der Waals surface area contributed by atoms with Gasteiger partial charge in [-0.05, 0) is 36.6 Å². The second kappa shape index (κ2) is 9.48. The minimum absolute atomic E-state index is 0.151. The highest BCUT2D eigenvalue weighted by Crippen LogP contribution is 2.33. The van der Waals surface area contributed by atoms with Gasteiger partial charge in [-0.15, -0.1) is 0 Å². The molecule has 0 fully saturated rings. The number of nitrogens with two attached hydrogens (primary N) is 1. The normalized spacial score (nSPS) is 16.2. The first-order valence-electron chi connectivity index (χ1n) is 8.58. The number of ether oxygens (including phenoxy) is 3. The highest BCUT2D eigenvalue weighted by Gasteiger charge is 2.19. The maximum Gasteiger partial charge on any atom is 0.188 e. The van der Waals surface area contributed by atoms with Crippen LogP contribution in [0.5, 0.6) is 11.5 Å². The van der Waals surface area contributed by atoms with Crippen LogP contribution in [0.15, 0.2) is 17.1 Å². The largest absolute Gasteiger partial charge is 0.493 e. The number of rotatable bonds is 8. The molecule has 1 aromatic rings. The van der Waals surface area contributed by atoms with Crippen molar-refractivity contribution in [1.82, 2.24) is 10.2 Å². The van der Waals surface area contributed by atoms with Crippen molar-refractivity contribution in [3.05, 3.63) is 23.3 Å². The number of guanidine groups is 1. The van der Waals surface area contributed by atoms with Crippen LogP contribution in [0.2, 0.25) is 0 Å². The number of nitrogens with zero attached hydrogens (tertiary/aromatic N) is 2. The minimum Gasteiger partial charge on any atom is -0.493 e. The maximum absolute atomic E-state index is 5.90. The van der Waals surface area contributed by atoms with E-state index in [9.17, 15) is 0 Å². The molecule has 0 saturated carbocycles. The first-order valence-corrected chi connectivity index (χ1v) is 8.58. The van der Waals surface area contributed by atoms with Gasteiger partial charge in [-0.1, -0.05) is 0 Å². The molecule has 140 valence electrons. The molecule has 1 unspecified atom stereocenters. The number of fused-ring (bicyclic) bond motifs is 1. The maximum atomic E-state index is 5.90. The number of hydrogen-bond donors (Lipinski definition) is 2. The average Bonchev–Trinajstić information content (AvgIpc) is 2.60. The Morgan fingerprint density at radius 3 is 2.56 bits per heavy atom. The monoisotopic (exact) mass is 350 g/mol. The Hall–Kier alpha value is -1.99. The van der Waals surface area contributed by atoms with Gasteiger partial charge in [0.05, 0.1) is 27.4 Å². The van der Waals surface area contributed by atoms with E-state index in [-0.39, 0.29) is 6.04 Å². The van der Waals surface area contributed by atoms with Gasteiger partial charge in [0, 0.05) is 32.8 Å². The third-order valence-corrected chi connectivity index (χ3v) is 4.31. The average molecular weight is 350 g/mol. The molecule has 0 radical (unpaired) electrons. The molecular formula is C18H30N4O3. The number of nitrogens with one attached hydrogen (secondary N) is 1. The summed E-state index contributed by atoms with van der Waals surface area (Å²) < 4.78 is 15.9. The summed E-state index contributed by atoms with van der Waals surface area (Å²) in [5, 5.41) is 3.12. The number of aliphatic imine (C=N–C) groups is 1. The van der Waals surface area contributed by atoms with Gasteiger partial charge in [-0.2, -0.15) is 0 Å². The molecule has 1 aliphatic rings. The number of methoxy groups -OCH3 is 3. The van der Waals surface area contributed by atoms with Crippen LogP contribution in [0.1, 0.15) is 18.1 Å². The summed E-state index contributed by atoms with van der Waals surface area (Å²) in [6.45, 7) is 6.04. The Bertz CT molecular complexity index is 592. The van der Waals surface area contributed by atoms with Crippen LogP contribution in [0.3, 0.4) is 0 Å². The van der Waals surface area contributed by atoms with Gasteiger partial charge in [0.1, 0.15) is 0 Å². The standard InChI is InChI=1S/C18H30N4O3/c1-13(12-23-2)21-18(19)20-6-8-22-7-5-14-9-16(24-3)17(25-4)10-15(14)11-22/h9-10,13H,5-8,11-12H2,1-4H3,(H3,19,20,21). The molecule has 0 amide bonds. The Labute approximate surface area is 150 Å². The fraction of sp³-hybridized carbons (Fsp3) is 0.611. The predicted molar refractivity (Wildman–Crippen MR) is 99.5 cm³/mol. The second-order valence-electron chi connectivity index (χ2n) is 6.27. The predicted octanol–water partition coefficient (Wildman–Crippen LogP) is 1.00. The van der Waals surface area contributed by atoms with E-state index in [0.29, 0.717) is 19.1 Å². The molecule has 1 aliphatic heterocycles. The molecule has 7 nitrogen and oxygen atoms in total. The van der Waals surface area contributed by atoms with Crippen LogP contribution in [-0.2, 0) is 17.7 Å². The van der Waals surface area contributed by atoms with Crippen LogP contribution in [0, 0.1) is 0 Å². The highest BCUT2D eigenvalue weighted by atomic mass is 16.5. The molecule has 7 heteroatoms. The molecule has 3 N–H and O–H groups in total. The fourth-order valence-electron chi connectivity index (χ4n) is 3.03. The van der Waals surface area contributed by atoms with Gasteiger partial charge in [-0.25, -0.2) is 0 Å². The lowest BCUT2D eigenvalue weighted by Gasteiger charge is -2.29. The Balaban J connectivity index is 1.88. The van der Waals surface area contributed by atoms with E-state index in [1.165, 1.54) is 11.1 Å². The number of hydrogen-bond acceptors (Lipinski definition) is 5. The van der Waals surface area contributed by atoms with Gasteiger partial charge in [0.25, 0.3) is 0 Å². The van der Waals surface area contributed by atoms with Crippen molar-refractivity contribution in [2.75, 3.05) is 47.6 Å². The smallest absolute Gasteiger partial charge is 0.188 e. The molecule has 1 atom stereocenters. The summed E-state index contributed by atoms with van der Waals surface area (Å²) >= 11 is 0. The highest BCUT2D eigenvalue weighted by molar-refractivity contribution is 5.78. The molecule has 0 bridgehead atoms. The zero-order valence-corrected chi connectivity index (χ0v) is 15.7. The van der Waals surface area contributed by atoms with Crippen LogP contribution in [0.4, 0.5) is 0 Å². The summed E-state index contributed by atoms with van der Waals surface area (Å²) in [5.41, 5.74) is 8.51. The summed E-state index contributed by atoms with van der Waals surface area (Å²) in [5.74, 6) is 2.04. The Kier molecular flexibility index (Phi) is 7.33. The molecule has 0 spiro atoms. The molecule has 2 rings (SSSR count). The molecule has 0 aromatic heterocycles. The molecule has 0 saturated heterocycles. The first-order chi connectivity index (χ1) is 12.1. The zero-order chi connectivity index (χ0) is 18.2. The van der Waals surface area contributed by atoms with Crippen molar-refractivity contribution < 1.29 is 14.2 Å². The van der Waals surface area contributed by atoms with Crippen LogP contribution < -0.4 is 20.5 Å². The summed E-state index contributed by atoms with van der Waals surface area (Å²) in [4.78, 5) is 6.78. The van der Waals surface area contributed by atoms with E-state index in [0.717, 1.165) is 37.6 Å². The summed E-state index contributed by atoms with van der Waals surface area (Å²) in [7, 11) is 5.01. The van der Waals surface area contributed by atoms with E-state index >= 15 is 0 Å². The minimum atomic E-state index is 0.151. The van der Waals surface area contributed by atoms with E-state index in [2.05, 4.69) is 27.3 Å². The van der Waals surface area contributed by atoms with Crippen molar-refractivity contribution in [3.8, 4) is 11.5 Å².